The van der Waals surface area contributed by atoms with Gasteiger partial charge in [-0.2, -0.15) is 14.1 Å². The summed E-state index contributed by atoms with van der Waals surface area (Å²) in [7, 11) is -3.65. The van der Waals surface area contributed by atoms with E-state index in [4.69, 9.17) is 4.52 Å². The molecule has 0 N–H and O–H groups in total. The Kier molecular flexibility index (Phi) is 6.05. The summed E-state index contributed by atoms with van der Waals surface area (Å²) in [6.45, 7) is 7.84. The lowest BCUT2D eigenvalue weighted by molar-refractivity contribution is 0.246. The molecule has 170 valence electrons. The Morgan fingerprint density at radius 1 is 1.12 bits per heavy atom. The summed E-state index contributed by atoms with van der Waals surface area (Å²) in [6, 6.07) is 8.33. The Morgan fingerprint density at radius 3 is 2.59 bits per heavy atom. The van der Waals surface area contributed by atoms with Gasteiger partial charge in [-0.05, 0) is 57.7 Å². The highest BCUT2D eigenvalue weighted by atomic mass is 32.2. The molecule has 4 rings (SSSR count). The fourth-order valence-corrected chi connectivity index (χ4v) is 6.39. The summed E-state index contributed by atoms with van der Waals surface area (Å²) < 4.78 is 35.3. The Labute approximate surface area is 187 Å². The first-order valence-corrected chi connectivity index (χ1v) is 12.3. The molecule has 1 fully saturated rings. The standard InChI is InChI=1S/C23H28N4O4S/c1-5-19-8-6-7-13-26(19)32(29,30)21-14-18(10-9-15(21)2)20-11-12-22(28)27(24-20)23-16(3)25-31-17(23)4/h9-12,14,19H,5-8,13H2,1-4H3. The molecule has 1 saturated heterocycles. The van der Waals surface area contributed by atoms with Crippen LogP contribution < -0.4 is 5.56 Å². The van der Waals surface area contributed by atoms with Gasteiger partial charge < -0.3 is 4.52 Å². The second kappa shape index (κ2) is 8.63. The third-order valence-electron chi connectivity index (χ3n) is 6.12. The van der Waals surface area contributed by atoms with Gasteiger partial charge in [0.15, 0.2) is 5.76 Å². The van der Waals surface area contributed by atoms with Crippen molar-refractivity contribution in [3.63, 3.8) is 0 Å². The van der Waals surface area contributed by atoms with E-state index in [2.05, 4.69) is 10.3 Å². The van der Waals surface area contributed by atoms with Crippen molar-refractivity contribution >= 4 is 10.0 Å². The van der Waals surface area contributed by atoms with Gasteiger partial charge in [0.1, 0.15) is 11.4 Å². The van der Waals surface area contributed by atoms with Crippen LogP contribution in [0.25, 0.3) is 16.9 Å². The van der Waals surface area contributed by atoms with Gasteiger partial charge in [-0.25, -0.2) is 8.42 Å². The molecule has 1 aromatic carbocycles. The van der Waals surface area contributed by atoms with Gasteiger partial charge in [0.2, 0.25) is 10.0 Å². The predicted octanol–water partition coefficient (Wildman–Crippen LogP) is 3.77. The summed E-state index contributed by atoms with van der Waals surface area (Å²) in [6.07, 6.45) is 3.61. The molecule has 1 aliphatic heterocycles. The zero-order valence-corrected chi connectivity index (χ0v) is 19.6. The first-order chi connectivity index (χ1) is 15.2. The fraction of sp³-hybridized carbons (Fsp3) is 0.435. The van der Waals surface area contributed by atoms with Crippen LogP contribution in [0.1, 0.15) is 49.6 Å². The monoisotopic (exact) mass is 456 g/mol. The second-order valence-corrected chi connectivity index (χ2v) is 10.2. The van der Waals surface area contributed by atoms with E-state index in [1.807, 2.05) is 13.0 Å². The van der Waals surface area contributed by atoms with E-state index in [0.717, 1.165) is 25.7 Å². The quantitative estimate of drug-likeness (QED) is 0.580. The van der Waals surface area contributed by atoms with Crippen molar-refractivity contribution in [2.45, 2.75) is 64.3 Å². The number of piperidine rings is 1. The number of aromatic nitrogens is 3. The summed E-state index contributed by atoms with van der Waals surface area (Å²) in [5.74, 6) is 0.483. The average Bonchev–Trinajstić information content (AvgIpc) is 3.12. The average molecular weight is 457 g/mol. The molecule has 3 heterocycles. The smallest absolute Gasteiger partial charge is 0.271 e. The molecule has 3 aromatic rings. The van der Waals surface area contributed by atoms with Crippen LogP contribution >= 0.6 is 0 Å². The zero-order chi connectivity index (χ0) is 23.0. The zero-order valence-electron chi connectivity index (χ0n) is 18.8. The van der Waals surface area contributed by atoms with Crippen LogP contribution in [0.15, 0.2) is 44.5 Å². The largest absolute Gasteiger partial charge is 0.359 e. The molecular weight excluding hydrogens is 428 g/mol. The second-order valence-electron chi connectivity index (χ2n) is 8.30. The minimum Gasteiger partial charge on any atom is -0.359 e. The lowest BCUT2D eigenvalue weighted by Gasteiger charge is -2.34. The van der Waals surface area contributed by atoms with Crippen LogP contribution in [-0.4, -0.2) is 40.2 Å². The van der Waals surface area contributed by atoms with E-state index >= 15 is 0 Å². The third kappa shape index (κ3) is 3.91. The van der Waals surface area contributed by atoms with Crippen molar-refractivity contribution in [3.05, 3.63) is 57.7 Å². The molecule has 0 bridgehead atoms. The Balaban J connectivity index is 1.80. The fourth-order valence-electron chi connectivity index (χ4n) is 4.37. The van der Waals surface area contributed by atoms with Crippen molar-refractivity contribution in [2.24, 2.45) is 0 Å². The lowest BCUT2D eigenvalue weighted by Crippen LogP contribution is -2.43. The highest BCUT2D eigenvalue weighted by molar-refractivity contribution is 7.89. The summed E-state index contributed by atoms with van der Waals surface area (Å²) in [5, 5.41) is 8.40. The Morgan fingerprint density at radius 2 is 1.91 bits per heavy atom. The van der Waals surface area contributed by atoms with Crippen molar-refractivity contribution in [3.8, 4) is 16.9 Å². The molecule has 0 spiro atoms. The number of aryl methyl sites for hydroxylation is 3. The van der Waals surface area contributed by atoms with E-state index < -0.39 is 10.0 Å². The van der Waals surface area contributed by atoms with Gasteiger partial charge in [0.05, 0.1) is 10.6 Å². The molecule has 0 amide bonds. The minimum absolute atomic E-state index is 0.0244. The van der Waals surface area contributed by atoms with Crippen LogP contribution in [0.4, 0.5) is 0 Å². The molecule has 0 aliphatic carbocycles. The van der Waals surface area contributed by atoms with Crippen LogP contribution in [-0.2, 0) is 10.0 Å². The molecular formula is C23H28N4O4S. The molecule has 8 nitrogen and oxygen atoms in total. The van der Waals surface area contributed by atoms with E-state index in [1.165, 1.54) is 10.7 Å². The summed E-state index contributed by atoms with van der Waals surface area (Å²) in [5.41, 5.74) is 2.54. The van der Waals surface area contributed by atoms with Crippen molar-refractivity contribution in [1.29, 1.82) is 0 Å². The molecule has 0 radical (unpaired) electrons. The molecule has 2 aromatic heterocycles. The van der Waals surface area contributed by atoms with E-state index in [1.54, 1.807) is 43.3 Å². The normalized spacial score (nSPS) is 17.6. The van der Waals surface area contributed by atoms with Gasteiger partial charge in [0, 0.05) is 24.2 Å². The SMILES string of the molecule is CCC1CCCCN1S(=O)(=O)c1cc(-c2ccc(=O)n(-c3c(C)noc3C)n2)ccc1C. The minimum atomic E-state index is -3.65. The van der Waals surface area contributed by atoms with E-state index in [-0.39, 0.29) is 16.5 Å². The maximum Gasteiger partial charge on any atom is 0.271 e. The molecule has 1 aliphatic rings. The number of hydrogen-bond acceptors (Lipinski definition) is 6. The Hall–Kier alpha value is -2.78. The summed E-state index contributed by atoms with van der Waals surface area (Å²) in [4.78, 5) is 12.8. The molecule has 1 atom stereocenters. The topological polar surface area (TPSA) is 98.3 Å². The first-order valence-electron chi connectivity index (χ1n) is 10.9. The Bertz CT molecular complexity index is 1290. The van der Waals surface area contributed by atoms with Gasteiger partial charge in [-0.15, -0.1) is 0 Å². The molecule has 1 unspecified atom stereocenters. The number of sulfonamides is 1. The first kappa shape index (κ1) is 22.4. The lowest BCUT2D eigenvalue weighted by atomic mass is 10.0. The maximum atomic E-state index is 13.6. The van der Waals surface area contributed by atoms with Gasteiger partial charge in [-0.1, -0.05) is 30.6 Å². The molecule has 0 saturated carbocycles. The van der Waals surface area contributed by atoms with Crippen LogP contribution in [0.2, 0.25) is 0 Å². The molecule has 9 heteroatoms. The number of benzene rings is 1. The van der Waals surface area contributed by atoms with Crippen LogP contribution in [0.3, 0.4) is 0 Å². The summed E-state index contributed by atoms with van der Waals surface area (Å²) >= 11 is 0. The van der Waals surface area contributed by atoms with E-state index in [0.29, 0.717) is 40.5 Å². The maximum absolute atomic E-state index is 13.6. The van der Waals surface area contributed by atoms with Crippen molar-refractivity contribution < 1.29 is 12.9 Å². The van der Waals surface area contributed by atoms with E-state index in [9.17, 15) is 13.2 Å². The highest BCUT2D eigenvalue weighted by Gasteiger charge is 2.33. The van der Waals surface area contributed by atoms with Crippen LogP contribution in [0.5, 0.6) is 0 Å². The van der Waals surface area contributed by atoms with Crippen LogP contribution in [0, 0.1) is 20.8 Å². The number of hydrogen-bond donors (Lipinski definition) is 0. The third-order valence-corrected chi connectivity index (χ3v) is 8.22. The number of nitrogens with zero attached hydrogens (tertiary/aromatic N) is 4. The van der Waals surface area contributed by atoms with Gasteiger partial charge in [-0.3, -0.25) is 4.79 Å². The van der Waals surface area contributed by atoms with Crippen molar-refractivity contribution in [2.75, 3.05) is 6.54 Å². The number of rotatable bonds is 5. The highest BCUT2D eigenvalue weighted by Crippen LogP contribution is 2.31. The van der Waals surface area contributed by atoms with Gasteiger partial charge >= 0.3 is 0 Å². The molecule has 32 heavy (non-hydrogen) atoms. The predicted molar refractivity (Wildman–Crippen MR) is 121 cm³/mol. The van der Waals surface area contributed by atoms with Crippen molar-refractivity contribution in [1.82, 2.24) is 19.2 Å². The van der Waals surface area contributed by atoms with Gasteiger partial charge in [0.25, 0.3) is 5.56 Å².